The van der Waals surface area contributed by atoms with Crippen molar-refractivity contribution in [3.05, 3.63) is 67.7 Å². The molecule has 0 fully saturated rings. The predicted molar refractivity (Wildman–Crippen MR) is 102 cm³/mol. The van der Waals surface area contributed by atoms with Crippen molar-refractivity contribution in [3.8, 4) is 0 Å². The lowest BCUT2D eigenvalue weighted by atomic mass is 10.1. The number of pyridine rings is 1. The molecular formula is C18H14BrN2O3S. The Balaban J connectivity index is 2.01. The van der Waals surface area contributed by atoms with Gasteiger partial charge in [0, 0.05) is 18.0 Å². The van der Waals surface area contributed by atoms with Crippen molar-refractivity contribution in [1.29, 1.82) is 0 Å². The summed E-state index contributed by atoms with van der Waals surface area (Å²) in [4.78, 5) is 37.0. The zero-order chi connectivity index (χ0) is 18.0. The third-order valence-corrected chi connectivity index (χ3v) is 5.52. The van der Waals surface area contributed by atoms with Crippen molar-refractivity contribution in [2.75, 3.05) is 0 Å². The molecule has 3 rings (SSSR count). The van der Waals surface area contributed by atoms with E-state index in [4.69, 9.17) is 0 Å². The summed E-state index contributed by atoms with van der Waals surface area (Å²) in [5, 5.41) is 4.65. The van der Waals surface area contributed by atoms with Crippen LogP contribution in [0.15, 0.2) is 51.2 Å². The second kappa shape index (κ2) is 7.33. The van der Waals surface area contributed by atoms with Crippen LogP contribution in [0.1, 0.15) is 28.9 Å². The number of nitrogens with one attached hydrogen (secondary N) is 1. The Morgan fingerprint density at radius 2 is 2.08 bits per heavy atom. The molecule has 3 aromatic rings. The number of rotatable bonds is 5. The van der Waals surface area contributed by atoms with Crippen molar-refractivity contribution < 1.29 is 9.59 Å². The van der Waals surface area contributed by atoms with E-state index in [-0.39, 0.29) is 11.0 Å². The van der Waals surface area contributed by atoms with E-state index in [1.807, 2.05) is 23.8 Å². The quantitative estimate of drug-likeness (QED) is 0.646. The Labute approximate surface area is 156 Å². The molecular weight excluding hydrogens is 404 g/mol. The fraction of sp³-hybridized carbons (Fsp3) is 0.167. The monoisotopic (exact) mass is 417 g/mol. The second-order valence-electron chi connectivity index (χ2n) is 5.34. The molecule has 1 amide bonds. The lowest BCUT2D eigenvalue weighted by Gasteiger charge is -2.12. The molecule has 0 bridgehead atoms. The average Bonchev–Trinajstić information content (AvgIpc) is 3.06. The third kappa shape index (κ3) is 3.29. The molecule has 1 radical (unpaired) electrons. The topological polar surface area (TPSA) is 68.2 Å². The van der Waals surface area contributed by atoms with Crippen LogP contribution in [0.25, 0.3) is 10.2 Å². The summed E-state index contributed by atoms with van der Waals surface area (Å²) in [6, 6.07) is 9.44. The maximum absolute atomic E-state index is 12.7. The van der Waals surface area contributed by atoms with Crippen molar-refractivity contribution in [2.24, 2.45) is 0 Å². The molecule has 0 saturated heterocycles. The van der Waals surface area contributed by atoms with Crippen LogP contribution < -0.4 is 10.7 Å². The number of hydrogen-bond donors (Lipinski definition) is 1. The lowest BCUT2D eigenvalue weighted by molar-refractivity contribution is 0.0948. The van der Waals surface area contributed by atoms with Gasteiger partial charge < -0.3 is 9.88 Å². The second-order valence-corrected chi connectivity index (χ2v) is 7.01. The highest BCUT2D eigenvalue weighted by molar-refractivity contribution is 9.10. The van der Waals surface area contributed by atoms with E-state index in [9.17, 15) is 14.4 Å². The van der Waals surface area contributed by atoms with Gasteiger partial charge in [-0.2, -0.15) is 0 Å². The summed E-state index contributed by atoms with van der Waals surface area (Å²) >= 11 is 4.70. The van der Waals surface area contributed by atoms with Gasteiger partial charge in [-0.05, 0) is 28.4 Å². The van der Waals surface area contributed by atoms with Crippen LogP contribution >= 0.6 is 27.3 Å². The minimum Gasteiger partial charge on any atom is -0.338 e. The number of benzene rings is 1. The average molecular weight is 418 g/mol. The molecule has 2 aromatic heterocycles. The standard InChI is InChI=1S/C18H14BrN2O3S/c1-2-21-15(19)8-14(23)16-12(10-25-18(16)21)17(24)20-13(9-22)11-6-4-3-5-7-11/h3-8,10,13H,2H2,1H3,(H,20,24). The fourth-order valence-electron chi connectivity index (χ4n) is 2.64. The first-order chi connectivity index (χ1) is 12.1. The molecule has 1 aromatic carbocycles. The maximum Gasteiger partial charge on any atom is 0.253 e. The van der Waals surface area contributed by atoms with Gasteiger partial charge in [0.05, 0.1) is 15.6 Å². The molecule has 0 aliphatic heterocycles. The number of nitrogens with zero attached hydrogens (tertiary/aromatic N) is 1. The number of fused-ring (bicyclic) bond motifs is 1. The van der Waals surface area contributed by atoms with Crippen LogP contribution in [-0.2, 0) is 11.3 Å². The van der Waals surface area contributed by atoms with Crippen molar-refractivity contribution in [2.45, 2.75) is 19.5 Å². The SMILES string of the molecule is CCn1c(Br)cc(=O)c2c(C(=O)NC([C]=O)c3ccccc3)csc21. The highest BCUT2D eigenvalue weighted by Gasteiger charge is 2.21. The van der Waals surface area contributed by atoms with E-state index in [0.717, 1.165) is 4.83 Å². The number of amides is 1. The van der Waals surface area contributed by atoms with Gasteiger partial charge in [-0.3, -0.25) is 14.4 Å². The summed E-state index contributed by atoms with van der Waals surface area (Å²) in [5.74, 6) is -0.467. The Kier molecular flexibility index (Phi) is 5.15. The van der Waals surface area contributed by atoms with E-state index >= 15 is 0 Å². The number of hydrogen-bond acceptors (Lipinski definition) is 4. The molecule has 0 spiro atoms. The van der Waals surface area contributed by atoms with E-state index in [2.05, 4.69) is 21.2 Å². The molecule has 7 heteroatoms. The van der Waals surface area contributed by atoms with Crippen LogP contribution in [0.2, 0.25) is 0 Å². The minimum atomic E-state index is -0.882. The predicted octanol–water partition coefficient (Wildman–Crippen LogP) is 3.43. The Morgan fingerprint density at radius 3 is 2.72 bits per heavy atom. The fourth-order valence-corrected chi connectivity index (χ4v) is 4.53. The minimum absolute atomic E-state index is 0.232. The van der Waals surface area contributed by atoms with Gasteiger partial charge in [0.1, 0.15) is 10.9 Å². The number of carbonyl (C=O) groups excluding carboxylic acids is 2. The van der Waals surface area contributed by atoms with Gasteiger partial charge >= 0.3 is 0 Å². The number of thiophene rings is 1. The van der Waals surface area contributed by atoms with E-state index in [1.165, 1.54) is 17.4 Å². The van der Waals surface area contributed by atoms with Gasteiger partial charge in [-0.15, -0.1) is 11.3 Å². The van der Waals surface area contributed by atoms with Crippen LogP contribution in [0.3, 0.4) is 0 Å². The van der Waals surface area contributed by atoms with Gasteiger partial charge in [0.15, 0.2) is 5.43 Å². The van der Waals surface area contributed by atoms with Gasteiger partial charge in [0.2, 0.25) is 6.29 Å². The molecule has 2 heterocycles. The Bertz CT molecular complexity index is 995. The van der Waals surface area contributed by atoms with E-state index in [1.54, 1.807) is 29.6 Å². The number of aryl methyl sites for hydroxylation is 1. The van der Waals surface area contributed by atoms with Crippen molar-refractivity contribution in [3.63, 3.8) is 0 Å². The third-order valence-electron chi connectivity index (χ3n) is 3.86. The summed E-state index contributed by atoms with van der Waals surface area (Å²) in [7, 11) is 0. The zero-order valence-corrected chi connectivity index (χ0v) is 15.7. The number of halogens is 1. The highest BCUT2D eigenvalue weighted by Crippen LogP contribution is 2.27. The molecule has 0 saturated carbocycles. The first-order valence-electron chi connectivity index (χ1n) is 7.60. The van der Waals surface area contributed by atoms with Crippen LogP contribution in [0, 0.1) is 0 Å². The van der Waals surface area contributed by atoms with E-state index in [0.29, 0.717) is 22.1 Å². The van der Waals surface area contributed by atoms with Crippen LogP contribution in [0.4, 0.5) is 0 Å². The normalized spacial score (nSPS) is 12.1. The summed E-state index contributed by atoms with van der Waals surface area (Å²) in [5.41, 5.74) is 0.680. The summed E-state index contributed by atoms with van der Waals surface area (Å²) in [6.07, 6.45) is 1.84. The Morgan fingerprint density at radius 1 is 1.36 bits per heavy atom. The molecule has 0 aliphatic carbocycles. The molecule has 1 atom stereocenters. The van der Waals surface area contributed by atoms with Gasteiger partial charge in [-0.1, -0.05) is 30.3 Å². The largest absolute Gasteiger partial charge is 0.338 e. The molecule has 127 valence electrons. The number of aromatic nitrogens is 1. The first-order valence-corrected chi connectivity index (χ1v) is 9.28. The molecule has 1 unspecified atom stereocenters. The molecule has 5 nitrogen and oxygen atoms in total. The van der Waals surface area contributed by atoms with Crippen molar-refractivity contribution >= 4 is 49.7 Å². The number of carbonyl (C=O) groups is 1. The first kappa shape index (κ1) is 17.6. The molecule has 0 aliphatic rings. The maximum atomic E-state index is 12.7. The van der Waals surface area contributed by atoms with E-state index < -0.39 is 11.9 Å². The summed E-state index contributed by atoms with van der Waals surface area (Å²) < 4.78 is 2.59. The summed E-state index contributed by atoms with van der Waals surface area (Å²) in [6.45, 7) is 2.62. The highest BCUT2D eigenvalue weighted by atomic mass is 79.9. The van der Waals surface area contributed by atoms with Gasteiger partial charge in [0.25, 0.3) is 5.91 Å². The molecule has 1 N–H and O–H groups in total. The smallest absolute Gasteiger partial charge is 0.253 e. The Hall–Kier alpha value is -2.25. The van der Waals surface area contributed by atoms with Crippen LogP contribution in [0.5, 0.6) is 0 Å². The molecule has 25 heavy (non-hydrogen) atoms. The zero-order valence-electron chi connectivity index (χ0n) is 13.3. The van der Waals surface area contributed by atoms with Crippen molar-refractivity contribution in [1.82, 2.24) is 9.88 Å². The van der Waals surface area contributed by atoms with Crippen LogP contribution in [-0.4, -0.2) is 16.8 Å². The lowest BCUT2D eigenvalue weighted by Crippen LogP contribution is -2.29. The van der Waals surface area contributed by atoms with Gasteiger partial charge in [-0.25, -0.2) is 0 Å².